The lowest BCUT2D eigenvalue weighted by Gasteiger charge is -2.08. The number of amides is 1. The number of hydrazone groups is 1. The van der Waals surface area contributed by atoms with Crippen LogP contribution in [0.25, 0.3) is 6.08 Å². The summed E-state index contributed by atoms with van der Waals surface area (Å²) in [4.78, 5) is 11.7. The molecule has 0 spiro atoms. The van der Waals surface area contributed by atoms with Crippen LogP contribution in [0.5, 0.6) is 0 Å². The first-order valence-corrected chi connectivity index (χ1v) is 7.18. The molecule has 1 unspecified atom stereocenters. The average molecular weight is 262 g/mol. The predicted molar refractivity (Wildman–Crippen MR) is 72.6 cm³/mol. The van der Waals surface area contributed by atoms with Crippen LogP contribution in [0.3, 0.4) is 0 Å². The van der Waals surface area contributed by atoms with Gasteiger partial charge >= 0.3 is 0 Å². The molecule has 0 aromatic heterocycles. The maximum absolute atomic E-state index is 11.6. The smallest absolute Gasteiger partial charge is 0.240 e. The van der Waals surface area contributed by atoms with E-state index in [1.54, 1.807) is 6.26 Å². The highest BCUT2D eigenvalue weighted by molar-refractivity contribution is 7.84. The lowest BCUT2D eigenvalue weighted by Crippen LogP contribution is -2.24. The Morgan fingerprint density at radius 1 is 1.28 bits per heavy atom. The fraction of sp³-hybridized carbons (Fsp3) is 0.231. The van der Waals surface area contributed by atoms with Crippen LogP contribution in [-0.4, -0.2) is 22.1 Å². The molecular formula is C13H14N2O2S. The zero-order valence-corrected chi connectivity index (χ0v) is 10.9. The van der Waals surface area contributed by atoms with E-state index in [0.717, 1.165) is 16.2 Å². The van der Waals surface area contributed by atoms with E-state index in [9.17, 15) is 9.00 Å². The topological polar surface area (TPSA) is 58.5 Å². The van der Waals surface area contributed by atoms with Crippen molar-refractivity contribution in [3.05, 3.63) is 35.9 Å². The molecule has 94 valence electrons. The van der Waals surface area contributed by atoms with Gasteiger partial charge in [-0.2, -0.15) is 5.10 Å². The fourth-order valence-electron chi connectivity index (χ4n) is 1.67. The summed E-state index contributed by atoms with van der Waals surface area (Å²) in [5, 5.41) is 3.95. The Hall–Kier alpha value is -1.75. The lowest BCUT2D eigenvalue weighted by atomic mass is 10.1. The van der Waals surface area contributed by atoms with Crippen molar-refractivity contribution in [2.75, 3.05) is 6.26 Å². The number of nitrogens with one attached hydrogen (secondary N) is 1. The Bertz CT molecular complexity index is 550. The second-order valence-electron chi connectivity index (χ2n) is 3.96. The fourth-order valence-corrected chi connectivity index (χ4v) is 2.41. The van der Waals surface area contributed by atoms with E-state index in [2.05, 4.69) is 10.5 Å². The van der Waals surface area contributed by atoms with Gasteiger partial charge in [-0.05, 0) is 17.7 Å². The van der Waals surface area contributed by atoms with Gasteiger partial charge in [-0.1, -0.05) is 24.3 Å². The first kappa shape index (κ1) is 12.7. The summed E-state index contributed by atoms with van der Waals surface area (Å²) in [6, 6.07) is 7.53. The Kier molecular flexibility index (Phi) is 4.04. The third-order valence-electron chi connectivity index (χ3n) is 2.62. The van der Waals surface area contributed by atoms with Crippen molar-refractivity contribution in [3.63, 3.8) is 0 Å². The summed E-state index contributed by atoms with van der Waals surface area (Å²) in [5.74, 6) is -0.0535. The van der Waals surface area contributed by atoms with Gasteiger partial charge in [0.25, 0.3) is 0 Å². The van der Waals surface area contributed by atoms with E-state index in [4.69, 9.17) is 0 Å². The lowest BCUT2D eigenvalue weighted by molar-refractivity contribution is -0.121. The number of rotatable bonds is 3. The van der Waals surface area contributed by atoms with Crippen molar-refractivity contribution in [2.24, 2.45) is 5.10 Å². The Labute approximate surface area is 108 Å². The van der Waals surface area contributed by atoms with Crippen molar-refractivity contribution in [1.82, 2.24) is 5.43 Å². The first-order valence-electron chi connectivity index (χ1n) is 5.63. The summed E-state index contributed by atoms with van der Waals surface area (Å²) >= 11 is 0. The van der Waals surface area contributed by atoms with Gasteiger partial charge in [0.2, 0.25) is 5.91 Å². The third kappa shape index (κ3) is 3.13. The first-order chi connectivity index (χ1) is 8.66. The highest BCUT2D eigenvalue weighted by Crippen LogP contribution is 2.14. The number of carbonyl (C=O) groups excluding carboxylic acids is 1. The number of benzene rings is 1. The average Bonchev–Trinajstić information content (AvgIpc) is 2.38. The van der Waals surface area contributed by atoms with Gasteiger partial charge in [0.15, 0.2) is 0 Å². The van der Waals surface area contributed by atoms with Crippen LogP contribution < -0.4 is 5.43 Å². The molecule has 1 N–H and O–H groups in total. The highest BCUT2D eigenvalue weighted by atomic mass is 32.2. The van der Waals surface area contributed by atoms with E-state index in [0.29, 0.717) is 12.8 Å². The van der Waals surface area contributed by atoms with Gasteiger partial charge in [0.1, 0.15) is 0 Å². The molecule has 1 amide bonds. The van der Waals surface area contributed by atoms with Crippen LogP contribution in [0.1, 0.15) is 18.4 Å². The summed E-state index contributed by atoms with van der Waals surface area (Å²) < 4.78 is 11.6. The van der Waals surface area contributed by atoms with Gasteiger partial charge in [-0.15, -0.1) is 0 Å². The third-order valence-corrected chi connectivity index (χ3v) is 3.61. The monoisotopic (exact) mass is 262 g/mol. The zero-order chi connectivity index (χ0) is 13.0. The van der Waals surface area contributed by atoms with Crippen LogP contribution in [0.4, 0.5) is 0 Å². The highest BCUT2D eigenvalue weighted by Gasteiger charge is 2.09. The molecular weight excluding hydrogens is 248 g/mol. The number of carbonyl (C=O) groups is 1. The molecule has 18 heavy (non-hydrogen) atoms. The maximum Gasteiger partial charge on any atom is 0.240 e. The molecule has 1 aromatic rings. The molecule has 0 fully saturated rings. The minimum atomic E-state index is -1.01. The Morgan fingerprint density at radius 2 is 2.06 bits per heavy atom. The van der Waals surface area contributed by atoms with Crippen LogP contribution in [0, 0.1) is 0 Å². The van der Waals surface area contributed by atoms with Crippen molar-refractivity contribution >= 4 is 28.5 Å². The summed E-state index contributed by atoms with van der Waals surface area (Å²) in [6.07, 6.45) is 6.49. The maximum atomic E-state index is 11.6. The van der Waals surface area contributed by atoms with Gasteiger partial charge in [0.05, 0.1) is 16.5 Å². The van der Waals surface area contributed by atoms with Crippen molar-refractivity contribution < 1.29 is 9.00 Å². The summed E-state index contributed by atoms with van der Waals surface area (Å²) in [7, 11) is -1.01. The minimum Gasteiger partial charge on any atom is -0.273 e. The SMILES string of the molecule is CS(=O)c1ccccc1C=CC1=NNC(=O)CC1. The van der Waals surface area contributed by atoms with Crippen molar-refractivity contribution in [1.29, 1.82) is 0 Å². The van der Waals surface area contributed by atoms with E-state index < -0.39 is 10.8 Å². The van der Waals surface area contributed by atoms with Gasteiger partial charge in [-0.25, -0.2) is 5.43 Å². The van der Waals surface area contributed by atoms with Crippen LogP contribution in [0.15, 0.2) is 40.3 Å². The molecule has 1 aliphatic rings. The normalized spacial score (nSPS) is 17.4. The summed E-state index contributed by atoms with van der Waals surface area (Å²) in [6.45, 7) is 0. The predicted octanol–water partition coefficient (Wildman–Crippen LogP) is 1.70. The number of allylic oxidation sites excluding steroid dienone is 1. The largest absolute Gasteiger partial charge is 0.273 e. The molecule has 5 heteroatoms. The van der Waals surface area contributed by atoms with Crippen LogP contribution >= 0.6 is 0 Å². The number of hydrogen-bond acceptors (Lipinski definition) is 3. The second-order valence-corrected chi connectivity index (χ2v) is 5.31. The molecule has 1 aliphatic heterocycles. The Balaban J connectivity index is 2.19. The molecule has 1 heterocycles. The van der Waals surface area contributed by atoms with E-state index >= 15 is 0 Å². The quantitative estimate of drug-likeness (QED) is 0.901. The van der Waals surface area contributed by atoms with Gasteiger partial charge in [0, 0.05) is 24.0 Å². The standard InChI is InChI=1S/C13H14N2O2S/c1-18(17)12-5-3-2-4-10(12)6-7-11-8-9-13(16)15-14-11/h2-7H,8-9H2,1H3,(H,15,16). The minimum absolute atomic E-state index is 0.0535. The second kappa shape index (κ2) is 5.73. The molecule has 2 rings (SSSR count). The van der Waals surface area contributed by atoms with Gasteiger partial charge in [-0.3, -0.25) is 9.00 Å². The zero-order valence-electron chi connectivity index (χ0n) is 10.1. The van der Waals surface area contributed by atoms with E-state index in [-0.39, 0.29) is 5.91 Å². The van der Waals surface area contributed by atoms with Crippen molar-refractivity contribution in [2.45, 2.75) is 17.7 Å². The van der Waals surface area contributed by atoms with Gasteiger partial charge < -0.3 is 0 Å². The molecule has 0 radical (unpaired) electrons. The van der Waals surface area contributed by atoms with Crippen molar-refractivity contribution in [3.8, 4) is 0 Å². The van der Waals surface area contributed by atoms with E-state index in [1.165, 1.54) is 0 Å². The molecule has 0 saturated carbocycles. The number of nitrogens with zero attached hydrogens (tertiary/aromatic N) is 1. The van der Waals surface area contributed by atoms with E-state index in [1.807, 2.05) is 36.4 Å². The molecule has 1 atom stereocenters. The Morgan fingerprint density at radius 3 is 2.72 bits per heavy atom. The molecule has 1 aromatic carbocycles. The molecule has 0 bridgehead atoms. The number of hydrogen-bond donors (Lipinski definition) is 1. The van der Waals surface area contributed by atoms with Crippen LogP contribution in [-0.2, 0) is 15.6 Å². The van der Waals surface area contributed by atoms with Crippen LogP contribution in [0.2, 0.25) is 0 Å². The molecule has 4 nitrogen and oxygen atoms in total. The molecule has 0 aliphatic carbocycles. The summed E-state index contributed by atoms with van der Waals surface area (Å²) in [5.41, 5.74) is 4.18. The molecule has 0 saturated heterocycles.